The van der Waals surface area contributed by atoms with Crippen molar-refractivity contribution in [3.8, 4) is 0 Å². The van der Waals surface area contributed by atoms with E-state index in [-0.39, 0.29) is 53.9 Å². The van der Waals surface area contributed by atoms with Gasteiger partial charge in [-0.2, -0.15) is 0 Å². The Morgan fingerprint density at radius 2 is 1.77 bits per heavy atom. The average molecular weight is 310 g/mol. The molecule has 5 heteroatoms. The topological polar surface area (TPSA) is 66.5 Å². The minimum absolute atomic E-state index is 0.107. The molecule has 126 valence electrons. The van der Waals surface area contributed by atoms with E-state index in [2.05, 4.69) is 26.1 Å². The maximum atomic E-state index is 12.3. The summed E-state index contributed by atoms with van der Waals surface area (Å²) in [5, 5.41) is 2.85. The molecule has 0 radical (unpaired) electrons. The van der Waals surface area contributed by atoms with Gasteiger partial charge in [0.25, 0.3) is 0 Å². The molecular weight excluding hydrogens is 280 g/mol. The van der Waals surface area contributed by atoms with Crippen LogP contribution in [0.1, 0.15) is 60.8 Å². The first-order valence-corrected chi connectivity index (χ1v) is 8.03. The molecule has 5 nitrogen and oxygen atoms in total. The van der Waals surface area contributed by atoms with Crippen molar-refractivity contribution in [1.29, 1.82) is 0 Å². The fourth-order valence-corrected chi connectivity index (χ4v) is 2.47. The van der Waals surface area contributed by atoms with Crippen LogP contribution in [0.2, 0.25) is 0 Å². The molecule has 1 unspecified atom stereocenters. The van der Waals surface area contributed by atoms with Crippen molar-refractivity contribution >= 4 is 17.7 Å². The summed E-state index contributed by atoms with van der Waals surface area (Å²) in [5.74, 6) is -0.680. The molecule has 1 heterocycles. The van der Waals surface area contributed by atoms with Crippen molar-refractivity contribution in [2.75, 3.05) is 13.1 Å². The highest BCUT2D eigenvalue weighted by Gasteiger charge is 2.44. The second kappa shape index (κ2) is 6.80. The Balaban J connectivity index is 2.43. The molecule has 0 saturated carbocycles. The van der Waals surface area contributed by atoms with Crippen LogP contribution in [0.5, 0.6) is 0 Å². The van der Waals surface area contributed by atoms with Gasteiger partial charge in [-0.15, -0.1) is 0 Å². The first-order valence-electron chi connectivity index (χ1n) is 8.03. The van der Waals surface area contributed by atoms with Gasteiger partial charge in [-0.1, -0.05) is 41.5 Å². The summed E-state index contributed by atoms with van der Waals surface area (Å²) in [4.78, 5) is 37.3. The highest BCUT2D eigenvalue weighted by atomic mass is 16.2. The second-order valence-corrected chi connectivity index (χ2v) is 8.42. The number of amides is 3. The fraction of sp³-hybridized carbons (Fsp3) is 0.824. The Kier molecular flexibility index (Phi) is 5.76. The molecule has 0 aromatic heterocycles. The summed E-state index contributed by atoms with van der Waals surface area (Å²) < 4.78 is 0. The van der Waals surface area contributed by atoms with Crippen LogP contribution >= 0.6 is 0 Å². The third-order valence-electron chi connectivity index (χ3n) is 4.05. The third-order valence-corrected chi connectivity index (χ3v) is 4.05. The number of hydrogen-bond donors (Lipinski definition) is 1. The Labute approximate surface area is 133 Å². The van der Waals surface area contributed by atoms with Crippen LogP contribution in [0.25, 0.3) is 0 Å². The number of rotatable bonds is 5. The summed E-state index contributed by atoms with van der Waals surface area (Å²) in [7, 11) is 0. The average Bonchev–Trinajstić information content (AvgIpc) is 2.60. The summed E-state index contributed by atoms with van der Waals surface area (Å²) in [5.41, 5.74) is -0.0510. The zero-order chi connectivity index (χ0) is 17.1. The zero-order valence-corrected chi connectivity index (χ0v) is 14.8. The van der Waals surface area contributed by atoms with Gasteiger partial charge in [-0.3, -0.25) is 19.3 Å². The van der Waals surface area contributed by atoms with Crippen LogP contribution in [0, 0.1) is 16.7 Å². The molecule has 0 aromatic rings. The molecule has 0 aliphatic carbocycles. The van der Waals surface area contributed by atoms with E-state index in [1.165, 1.54) is 4.90 Å². The van der Waals surface area contributed by atoms with Crippen molar-refractivity contribution in [1.82, 2.24) is 10.2 Å². The lowest BCUT2D eigenvalue weighted by atomic mass is 9.80. The van der Waals surface area contributed by atoms with Crippen molar-refractivity contribution in [3.63, 3.8) is 0 Å². The Morgan fingerprint density at radius 1 is 1.18 bits per heavy atom. The van der Waals surface area contributed by atoms with Gasteiger partial charge in [0.2, 0.25) is 17.7 Å². The lowest BCUT2D eigenvalue weighted by Gasteiger charge is -2.24. The molecule has 22 heavy (non-hydrogen) atoms. The summed E-state index contributed by atoms with van der Waals surface area (Å²) in [6, 6.07) is 0. The van der Waals surface area contributed by atoms with Crippen molar-refractivity contribution in [3.05, 3.63) is 0 Å². The Hall–Kier alpha value is -1.39. The van der Waals surface area contributed by atoms with E-state index in [4.69, 9.17) is 0 Å². The van der Waals surface area contributed by atoms with Crippen LogP contribution in [0.4, 0.5) is 0 Å². The monoisotopic (exact) mass is 310 g/mol. The van der Waals surface area contributed by atoms with E-state index in [0.29, 0.717) is 6.54 Å². The summed E-state index contributed by atoms with van der Waals surface area (Å²) in [6.07, 6.45) is 1.33. The van der Waals surface area contributed by atoms with Crippen molar-refractivity contribution in [2.45, 2.75) is 60.8 Å². The van der Waals surface area contributed by atoms with Crippen LogP contribution in [0.15, 0.2) is 0 Å². The minimum Gasteiger partial charge on any atom is -0.356 e. The quantitative estimate of drug-likeness (QED) is 0.793. The van der Waals surface area contributed by atoms with Gasteiger partial charge in [0.1, 0.15) is 0 Å². The molecule has 1 atom stereocenters. The first-order chi connectivity index (χ1) is 9.92. The Morgan fingerprint density at radius 3 is 2.23 bits per heavy atom. The van der Waals surface area contributed by atoms with E-state index >= 15 is 0 Å². The van der Waals surface area contributed by atoms with E-state index < -0.39 is 0 Å². The maximum Gasteiger partial charge on any atom is 0.233 e. The number of nitrogens with one attached hydrogen (secondary N) is 1. The lowest BCUT2D eigenvalue weighted by molar-refractivity contribution is -0.140. The number of carbonyl (C=O) groups is 3. The largest absolute Gasteiger partial charge is 0.356 e. The van der Waals surface area contributed by atoms with E-state index in [1.54, 1.807) is 0 Å². The van der Waals surface area contributed by atoms with Crippen LogP contribution in [-0.4, -0.2) is 35.7 Å². The number of imide groups is 1. The standard InChI is InChI=1S/C17H30N2O3/c1-16(2,3)8-9-18-13(20)7-10-19-14(21)11-12(15(19)22)17(4,5)6/h12H,7-11H2,1-6H3,(H,18,20). The van der Waals surface area contributed by atoms with E-state index in [0.717, 1.165) is 6.42 Å². The van der Waals surface area contributed by atoms with Gasteiger partial charge < -0.3 is 5.32 Å². The third kappa shape index (κ3) is 5.43. The van der Waals surface area contributed by atoms with Gasteiger partial charge in [-0.05, 0) is 17.3 Å². The Bertz CT molecular complexity index is 444. The molecule has 1 rings (SSSR count). The van der Waals surface area contributed by atoms with Crippen molar-refractivity contribution in [2.24, 2.45) is 16.7 Å². The number of carbonyl (C=O) groups excluding carboxylic acids is 3. The summed E-state index contributed by atoms with van der Waals surface area (Å²) in [6.45, 7) is 13.1. The SMILES string of the molecule is CC(C)(C)CCNC(=O)CCN1C(=O)CC(C(C)(C)C)C1=O. The fourth-order valence-electron chi connectivity index (χ4n) is 2.47. The number of likely N-dealkylation sites (tertiary alicyclic amines) is 1. The van der Waals surface area contributed by atoms with Crippen LogP contribution in [0.3, 0.4) is 0 Å². The van der Waals surface area contributed by atoms with E-state index in [9.17, 15) is 14.4 Å². The van der Waals surface area contributed by atoms with Gasteiger partial charge in [-0.25, -0.2) is 0 Å². The second-order valence-electron chi connectivity index (χ2n) is 8.42. The molecule has 0 spiro atoms. The first kappa shape index (κ1) is 18.7. The van der Waals surface area contributed by atoms with Crippen LogP contribution < -0.4 is 5.32 Å². The molecular formula is C17H30N2O3. The minimum atomic E-state index is -0.274. The highest BCUT2D eigenvalue weighted by Crippen LogP contribution is 2.35. The number of hydrogen-bond acceptors (Lipinski definition) is 3. The number of nitrogens with zero attached hydrogens (tertiary/aromatic N) is 1. The zero-order valence-electron chi connectivity index (χ0n) is 14.8. The molecule has 0 bridgehead atoms. The molecule has 1 fully saturated rings. The van der Waals surface area contributed by atoms with Gasteiger partial charge in [0, 0.05) is 25.9 Å². The molecule has 1 aliphatic rings. The van der Waals surface area contributed by atoms with Crippen LogP contribution in [-0.2, 0) is 14.4 Å². The normalized spacial score (nSPS) is 19.7. The van der Waals surface area contributed by atoms with Gasteiger partial charge >= 0.3 is 0 Å². The maximum absolute atomic E-state index is 12.3. The smallest absolute Gasteiger partial charge is 0.233 e. The predicted octanol–water partition coefficient (Wildman–Crippen LogP) is 2.35. The predicted molar refractivity (Wildman–Crippen MR) is 86.0 cm³/mol. The molecule has 0 aromatic carbocycles. The molecule has 1 aliphatic heterocycles. The summed E-state index contributed by atoms with van der Waals surface area (Å²) >= 11 is 0. The molecule has 1 N–H and O–H groups in total. The highest BCUT2D eigenvalue weighted by molar-refractivity contribution is 6.04. The molecule has 3 amide bonds. The van der Waals surface area contributed by atoms with Gasteiger partial charge in [0.15, 0.2) is 0 Å². The van der Waals surface area contributed by atoms with Gasteiger partial charge in [0.05, 0.1) is 5.92 Å². The molecule has 1 saturated heterocycles. The lowest BCUT2D eigenvalue weighted by Crippen LogP contribution is -2.37. The van der Waals surface area contributed by atoms with E-state index in [1.807, 2.05) is 20.8 Å². The van der Waals surface area contributed by atoms with Crippen molar-refractivity contribution < 1.29 is 14.4 Å².